The van der Waals surface area contributed by atoms with Gasteiger partial charge < -0.3 is 5.41 Å². The number of hydrogen-bond acceptors (Lipinski definition) is 1. The van der Waals surface area contributed by atoms with E-state index in [1.807, 2.05) is 0 Å². The molecule has 1 nitrogen and oxygen atoms in total. The van der Waals surface area contributed by atoms with Gasteiger partial charge in [0.05, 0.1) is 0 Å². The number of rotatable bonds is 2. The van der Waals surface area contributed by atoms with Crippen LogP contribution in [-0.4, -0.2) is 6.21 Å². The van der Waals surface area contributed by atoms with E-state index in [1.54, 1.807) is 6.21 Å². The lowest BCUT2D eigenvalue weighted by molar-refractivity contribution is 0.209. The Morgan fingerprint density at radius 1 is 1.45 bits per heavy atom. The third kappa shape index (κ3) is 1.82. The summed E-state index contributed by atoms with van der Waals surface area (Å²) in [6.45, 7) is 4.59. The Hall–Kier alpha value is -0.330. The maximum absolute atomic E-state index is 7.30. The van der Waals surface area contributed by atoms with Gasteiger partial charge in [-0.25, -0.2) is 0 Å². The van der Waals surface area contributed by atoms with Gasteiger partial charge in [-0.1, -0.05) is 33.1 Å². The van der Waals surface area contributed by atoms with Gasteiger partial charge in [-0.3, -0.25) is 0 Å². The second-order valence-electron chi connectivity index (χ2n) is 3.81. The fourth-order valence-electron chi connectivity index (χ4n) is 2.44. The molecular formula is C10H19N. The zero-order chi connectivity index (χ0) is 8.27. The summed E-state index contributed by atoms with van der Waals surface area (Å²) in [5, 5.41) is 7.30. The second-order valence-corrected chi connectivity index (χ2v) is 3.81. The Labute approximate surface area is 69.7 Å². The Balaban J connectivity index is 2.55. The summed E-state index contributed by atoms with van der Waals surface area (Å²) < 4.78 is 0. The van der Waals surface area contributed by atoms with E-state index < -0.39 is 0 Å². The molecule has 64 valence electrons. The predicted molar refractivity (Wildman–Crippen MR) is 49.1 cm³/mol. The van der Waals surface area contributed by atoms with Crippen LogP contribution in [0.5, 0.6) is 0 Å². The quantitative estimate of drug-likeness (QED) is 0.589. The third-order valence-electron chi connectivity index (χ3n) is 3.16. The van der Waals surface area contributed by atoms with Crippen LogP contribution in [0.1, 0.15) is 39.5 Å². The first-order chi connectivity index (χ1) is 5.29. The van der Waals surface area contributed by atoms with Crippen molar-refractivity contribution in [3.63, 3.8) is 0 Å². The maximum Gasteiger partial charge on any atom is -0.00139 e. The van der Waals surface area contributed by atoms with Gasteiger partial charge in [0.15, 0.2) is 0 Å². The molecule has 0 heterocycles. The molecule has 0 bridgehead atoms. The van der Waals surface area contributed by atoms with Crippen LogP contribution in [0.25, 0.3) is 0 Å². The summed E-state index contributed by atoms with van der Waals surface area (Å²) >= 11 is 0. The molecule has 0 aromatic rings. The van der Waals surface area contributed by atoms with Gasteiger partial charge >= 0.3 is 0 Å². The van der Waals surface area contributed by atoms with Crippen LogP contribution in [-0.2, 0) is 0 Å². The van der Waals surface area contributed by atoms with Crippen LogP contribution in [0.3, 0.4) is 0 Å². The van der Waals surface area contributed by atoms with Gasteiger partial charge in [-0.15, -0.1) is 0 Å². The lowest BCUT2D eigenvalue weighted by Gasteiger charge is -2.33. The van der Waals surface area contributed by atoms with Crippen molar-refractivity contribution in [1.82, 2.24) is 0 Å². The first-order valence-electron chi connectivity index (χ1n) is 4.80. The summed E-state index contributed by atoms with van der Waals surface area (Å²) in [5.74, 6) is 2.23. The van der Waals surface area contributed by atoms with Crippen molar-refractivity contribution >= 4 is 6.21 Å². The summed E-state index contributed by atoms with van der Waals surface area (Å²) in [6.07, 6.45) is 6.89. The summed E-state index contributed by atoms with van der Waals surface area (Å²) in [4.78, 5) is 0. The highest BCUT2D eigenvalue weighted by atomic mass is 14.4. The summed E-state index contributed by atoms with van der Waals surface area (Å²) in [6, 6.07) is 0. The van der Waals surface area contributed by atoms with Crippen LogP contribution >= 0.6 is 0 Å². The normalized spacial score (nSPS) is 38.5. The van der Waals surface area contributed by atoms with E-state index in [9.17, 15) is 0 Å². The van der Waals surface area contributed by atoms with Gasteiger partial charge in [0, 0.05) is 0 Å². The van der Waals surface area contributed by atoms with Crippen molar-refractivity contribution in [3.8, 4) is 0 Å². The second kappa shape index (κ2) is 3.89. The summed E-state index contributed by atoms with van der Waals surface area (Å²) in [5.41, 5.74) is 0. The average Bonchev–Trinajstić information content (AvgIpc) is 2.04. The van der Waals surface area contributed by atoms with Crippen molar-refractivity contribution in [3.05, 3.63) is 0 Å². The minimum atomic E-state index is 0.587. The standard InChI is InChI=1S/C10H19N/c1-3-10-8(2)5-4-6-9(10)7-11/h7-11H,3-6H2,1-2H3/t8-,9?,10?/m0/s1. The van der Waals surface area contributed by atoms with Crippen LogP contribution in [0.15, 0.2) is 0 Å². The van der Waals surface area contributed by atoms with Crippen LogP contribution in [0.4, 0.5) is 0 Å². The molecule has 1 heteroatoms. The van der Waals surface area contributed by atoms with Crippen LogP contribution in [0, 0.1) is 23.2 Å². The topological polar surface area (TPSA) is 23.9 Å². The lowest BCUT2D eigenvalue weighted by Crippen LogP contribution is -2.26. The fourth-order valence-corrected chi connectivity index (χ4v) is 2.44. The molecule has 3 atom stereocenters. The molecule has 0 amide bonds. The number of nitrogens with one attached hydrogen (secondary N) is 1. The first kappa shape index (κ1) is 8.76. The fraction of sp³-hybridized carbons (Fsp3) is 0.900. The zero-order valence-electron chi connectivity index (χ0n) is 7.64. The van der Waals surface area contributed by atoms with Crippen molar-refractivity contribution in [2.45, 2.75) is 39.5 Å². The molecule has 2 unspecified atom stereocenters. The minimum absolute atomic E-state index is 0.587. The zero-order valence-corrected chi connectivity index (χ0v) is 7.64. The van der Waals surface area contributed by atoms with Crippen molar-refractivity contribution < 1.29 is 0 Å². The smallest absolute Gasteiger partial charge is 0.00139 e. The SMILES string of the molecule is CCC1C(C=N)CCC[C@@H]1C. The molecule has 0 aliphatic heterocycles. The third-order valence-corrected chi connectivity index (χ3v) is 3.16. The van der Waals surface area contributed by atoms with Gasteiger partial charge in [-0.2, -0.15) is 0 Å². The molecular weight excluding hydrogens is 134 g/mol. The number of hydrogen-bond donors (Lipinski definition) is 1. The van der Waals surface area contributed by atoms with E-state index >= 15 is 0 Å². The monoisotopic (exact) mass is 153 g/mol. The Morgan fingerprint density at radius 2 is 2.18 bits per heavy atom. The largest absolute Gasteiger partial charge is 0.313 e. The Morgan fingerprint density at radius 3 is 2.64 bits per heavy atom. The van der Waals surface area contributed by atoms with E-state index in [0.29, 0.717) is 5.92 Å². The van der Waals surface area contributed by atoms with E-state index in [1.165, 1.54) is 25.7 Å². The van der Waals surface area contributed by atoms with Crippen molar-refractivity contribution in [2.24, 2.45) is 17.8 Å². The average molecular weight is 153 g/mol. The molecule has 0 spiro atoms. The highest BCUT2D eigenvalue weighted by Gasteiger charge is 2.27. The highest BCUT2D eigenvalue weighted by Crippen LogP contribution is 2.35. The highest BCUT2D eigenvalue weighted by molar-refractivity contribution is 5.57. The molecule has 0 aromatic heterocycles. The van der Waals surface area contributed by atoms with E-state index in [2.05, 4.69) is 13.8 Å². The molecule has 11 heavy (non-hydrogen) atoms. The van der Waals surface area contributed by atoms with Crippen molar-refractivity contribution in [1.29, 1.82) is 5.41 Å². The molecule has 1 aliphatic rings. The minimum Gasteiger partial charge on any atom is -0.313 e. The Kier molecular flexibility index (Phi) is 3.10. The van der Waals surface area contributed by atoms with E-state index in [-0.39, 0.29) is 0 Å². The molecule has 0 radical (unpaired) electrons. The van der Waals surface area contributed by atoms with E-state index in [0.717, 1.165) is 11.8 Å². The van der Waals surface area contributed by atoms with Crippen LogP contribution in [0.2, 0.25) is 0 Å². The summed E-state index contributed by atoms with van der Waals surface area (Å²) in [7, 11) is 0. The molecule has 1 fully saturated rings. The van der Waals surface area contributed by atoms with Crippen LogP contribution < -0.4 is 0 Å². The van der Waals surface area contributed by atoms with Gasteiger partial charge in [-0.05, 0) is 30.4 Å². The van der Waals surface area contributed by atoms with Gasteiger partial charge in [0.25, 0.3) is 0 Å². The predicted octanol–water partition coefficient (Wildman–Crippen LogP) is 3.10. The van der Waals surface area contributed by atoms with E-state index in [4.69, 9.17) is 5.41 Å². The molecule has 1 rings (SSSR count). The maximum atomic E-state index is 7.30. The first-order valence-corrected chi connectivity index (χ1v) is 4.80. The molecule has 1 aliphatic carbocycles. The van der Waals surface area contributed by atoms with Gasteiger partial charge in [0.1, 0.15) is 0 Å². The van der Waals surface area contributed by atoms with Crippen molar-refractivity contribution in [2.75, 3.05) is 0 Å². The molecule has 0 aromatic carbocycles. The molecule has 0 saturated heterocycles. The molecule has 1 saturated carbocycles. The van der Waals surface area contributed by atoms with Gasteiger partial charge in [0.2, 0.25) is 0 Å². The Bertz CT molecular complexity index is 131. The molecule has 1 N–H and O–H groups in total. The lowest BCUT2D eigenvalue weighted by atomic mass is 9.72.